The molecule has 0 radical (unpaired) electrons. The van der Waals surface area contributed by atoms with Crippen molar-refractivity contribution in [3.63, 3.8) is 0 Å². The van der Waals surface area contributed by atoms with Crippen LogP contribution in [0.4, 0.5) is 5.69 Å². The second-order valence-electron chi connectivity index (χ2n) is 5.43. The Morgan fingerprint density at radius 3 is 2.64 bits per heavy atom. The molecule has 0 saturated heterocycles. The van der Waals surface area contributed by atoms with E-state index in [2.05, 4.69) is 17.4 Å². The van der Waals surface area contributed by atoms with Crippen molar-refractivity contribution in [3.05, 3.63) is 65.2 Å². The summed E-state index contributed by atoms with van der Waals surface area (Å²) in [6, 6.07) is 13.8. The molecule has 0 atom stereocenters. The number of ether oxygens (including phenoxy) is 1. The van der Waals surface area contributed by atoms with E-state index in [9.17, 15) is 4.79 Å². The number of carbonyl (C=O) groups excluding carboxylic acids is 1. The minimum absolute atomic E-state index is 0.117. The molecule has 0 saturated carbocycles. The summed E-state index contributed by atoms with van der Waals surface area (Å²) >= 11 is 0. The van der Waals surface area contributed by atoms with E-state index in [4.69, 9.17) is 4.74 Å². The van der Waals surface area contributed by atoms with Gasteiger partial charge in [0.05, 0.1) is 7.11 Å². The molecule has 0 unspecified atom stereocenters. The van der Waals surface area contributed by atoms with Crippen LogP contribution < -0.4 is 10.1 Å². The summed E-state index contributed by atoms with van der Waals surface area (Å²) < 4.78 is 5.11. The summed E-state index contributed by atoms with van der Waals surface area (Å²) in [4.78, 5) is 12.0. The van der Waals surface area contributed by atoms with Gasteiger partial charge in [0, 0.05) is 11.8 Å². The molecule has 112 valence electrons. The summed E-state index contributed by atoms with van der Waals surface area (Å²) in [6.07, 6.45) is 6.82. The zero-order chi connectivity index (χ0) is 15.4. The number of fused-ring (bicyclic) bond motifs is 1. The quantitative estimate of drug-likeness (QED) is 0.870. The minimum atomic E-state index is -0.117. The number of carbonyl (C=O) groups is 1. The third-order valence-corrected chi connectivity index (χ3v) is 3.91. The average Bonchev–Trinajstić information content (AvgIpc) is 3.01. The molecule has 0 bridgehead atoms. The Morgan fingerprint density at radius 2 is 1.86 bits per heavy atom. The summed E-state index contributed by atoms with van der Waals surface area (Å²) in [5.74, 6) is 0.688. The molecule has 22 heavy (non-hydrogen) atoms. The van der Waals surface area contributed by atoms with Gasteiger partial charge in [-0.1, -0.05) is 18.2 Å². The first-order chi connectivity index (χ1) is 10.7. The molecule has 1 aliphatic carbocycles. The van der Waals surface area contributed by atoms with E-state index >= 15 is 0 Å². The summed E-state index contributed by atoms with van der Waals surface area (Å²) in [6.45, 7) is 0. The van der Waals surface area contributed by atoms with Crippen LogP contribution in [0.1, 0.15) is 23.1 Å². The number of benzene rings is 2. The van der Waals surface area contributed by atoms with Crippen LogP contribution in [0.15, 0.2) is 48.5 Å². The highest BCUT2D eigenvalue weighted by Crippen LogP contribution is 2.24. The molecule has 1 amide bonds. The fraction of sp³-hybridized carbons (Fsp3) is 0.211. The summed E-state index contributed by atoms with van der Waals surface area (Å²) in [5.41, 5.74) is 4.60. The van der Waals surface area contributed by atoms with E-state index in [0.29, 0.717) is 0 Å². The van der Waals surface area contributed by atoms with Crippen molar-refractivity contribution in [2.75, 3.05) is 12.4 Å². The van der Waals surface area contributed by atoms with E-state index in [1.807, 2.05) is 30.3 Å². The zero-order valence-electron chi connectivity index (χ0n) is 12.6. The van der Waals surface area contributed by atoms with E-state index in [-0.39, 0.29) is 5.91 Å². The largest absolute Gasteiger partial charge is 0.497 e. The lowest BCUT2D eigenvalue weighted by molar-refractivity contribution is -0.111. The van der Waals surface area contributed by atoms with E-state index in [1.54, 1.807) is 19.3 Å². The summed E-state index contributed by atoms with van der Waals surface area (Å²) in [5, 5.41) is 2.91. The fourth-order valence-electron chi connectivity index (χ4n) is 2.72. The number of rotatable bonds is 4. The Hall–Kier alpha value is -2.55. The number of hydrogen-bond acceptors (Lipinski definition) is 2. The van der Waals surface area contributed by atoms with Crippen molar-refractivity contribution in [1.29, 1.82) is 0 Å². The second-order valence-corrected chi connectivity index (χ2v) is 5.43. The smallest absolute Gasteiger partial charge is 0.248 e. The van der Waals surface area contributed by atoms with E-state index in [1.165, 1.54) is 17.5 Å². The molecule has 2 aromatic carbocycles. The molecular formula is C19H19NO2. The predicted molar refractivity (Wildman–Crippen MR) is 89.1 cm³/mol. The Bertz CT molecular complexity index is 702. The lowest BCUT2D eigenvalue weighted by Crippen LogP contribution is -2.08. The second kappa shape index (κ2) is 6.48. The number of anilines is 1. The molecule has 1 N–H and O–H groups in total. The van der Waals surface area contributed by atoms with E-state index < -0.39 is 0 Å². The van der Waals surface area contributed by atoms with Gasteiger partial charge in [-0.05, 0) is 66.3 Å². The van der Waals surface area contributed by atoms with Gasteiger partial charge in [-0.25, -0.2) is 0 Å². The van der Waals surface area contributed by atoms with Crippen molar-refractivity contribution in [3.8, 4) is 5.75 Å². The standard InChI is InChI=1S/C19H19NO2/c1-22-18-10-5-14(6-11-18)7-12-19(21)20-17-9-8-15-3-2-4-16(15)13-17/h5-13H,2-4H2,1H3,(H,20,21)/b12-7+. The molecule has 3 nitrogen and oxygen atoms in total. The Morgan fingerprint density at radius 1 is 1.09 bits per heavy atom. The maximum absolute atomic E-state index is 12.0. The van der Waals surface area contributed by atoms with Gasteiger partial charge in [-0.3, -0.25) is 4.79 Å². The first kappa shape index (κ1) is 14.4. The lowest BCUT2D eigenvalue weighted by atomic mass is 10.1. The van der Waals surface area contributed by atoms with Crippen molar-refractivity contribution in [2.45, 2.75) is 19.3 Å². The first-order valence-electron chi connectivity index (χ1n) is 7.49. The van der Waals surface area contributed by atoms with Crippen LogP contribution in [-0.2, 0) is 17.6 Å². The van der Waals surface area contributed by atoms with Crippen molar-refractivity contribution < 1.29 is 9.53 Å². The SMILES string of the molecule is COc1ccc(/C=C/C(=O)Nc2ccc3c(c2)CCC3)cc1. The third-order valence-electron chi connectivity index (χ3n) is 3.91. The highest BCUT2D eigenvalue weighted by atomic mass is 16.5. The minimum Gasteiger partial charge on any atom is -0.497 e. The van der Waals surface area contributed by atoms with Gasteiger partial charge in [-0.2, -0.15) is 0 Å². The highest BCUT2D eigenvalue weighted by molar-refractivity contribution is 6.02. The number of hydrogen-bond donors (Lipinski definition) is 1. The maximum Gasteiger partial charge on any atom is 0.248 e. The average molecular weight is 293 g/mol. The zero-order valence-corrected chi connectivity index (χ0v) is 12.6. The van der Waals surface area contributed by atoms with Gasteiger partial charge >= 0.3 is 0 Å². The predicted octanol–water partition coefficient (Wildman–Crippen LogP) is 3.84. The normalized spacial score (nSPS) is 13.1. The van der Waals surface area contributed by atoms with Gasteiger partial charge in [0.25, 0.3) is 0 Å². The summed E-state index contributed by atoms with van der Waals surface area (Å²) in [7, 11) is 1.63. The Labute approximate surface area is 130 Å². The monoisotopic (exact) mass is 293 g/mol. The van der Waals surface area contributed by atoms with E-state index in [0.717, 1.165) is 29.8 Å². The number of aryl methyl sites for hydroxylation is 2. The molecule has 0 fully saturated rings. The fourth-order valence-corrected chi connectivity index (χ4v) is 2.72. The van der Waals surface area contributed by atoms with Gasteiger partial charge in [-0.15, -0.1) is 0 Å². The molecule has 0 aliphatic heterocycles. The van der Waals surface area contributed by atoms with Gasteiger partial charge < -0.3 is 10.1 Å². The Kier molecular flexibility index (Phi) is 4.24. The van der Waals surface area contributed by atoms with Gasteiger partial charge in [0.15, 0.2) is 0 Å². The van der Waals surface area contributed by atoms with Gasteiger partial charge in [0.1, 0.15) is 5.75 Å². The van der Waals surface area contributed by atoms with Crippen LogP contribution in [0.25, 0.3) is 6.08 Å². The molecule has 0 aromatic heterocycles. The molecule has 3 heteroatoms. The van der Waals surface area contributed by atoms with Crippen molar-refractivity contribution >= 4 is 17.7 Å². The molecular weight excluding hydrogens is 274 g/mol. The third kappa shape index (κ3) is 3.37. The van der Waals surface area contributed by atoms with Crippen LogP contribution >= 0.6 is 0 Å². The first-order valence-corrected chi connectivity index (χ1v) is 7.49. The van der Waals surface area contributed by atoms with Crippen LogP contribution in [-0.4, -0.2) is 13.0 Å². The molecule has 1 aliphatic rings. The number of amides is 1. The molecule has 0 spiro atoms. The number of methoxy groups -OCH3 is 1. The van der Waals surface area contributed by atoms with Crippen molar-refractivity contribution in [1.82, 2.24) is 0 Å². The molecule has 3 rings (SSSR count). The Balaban J connectivity index is 1.63. The topological polar surface area (TPSA) is 38.3 Å². The van der Waals surface area contributed by atoms with Crippen LogP contribution in [0, 0.1) is 0 Å². The molecule has 0 heterocycles. The van der Waals surface area contributed by atoms with Crippen molar-refractivity contribution in [2.24, 2.45) is 0 Å². The van der Waals surface area contributed by atoms with Crippen LogP contribution in [0.5, 0.6) is 5.75 Å². The highest BCUT2D eigenvalue weighted by Gasteiger charge is 2.11. The van der Waals surface area contributed by atoms with Crippen LogP contribution in [0.2, 0.25) is 0 Å². The maximum atomic E-state index is 12.0. The lowest BCUT2D eigenvalue weighted by Gasteiger charge is -2.05. The van der Waals surface area contributed by atoms with Gasteiger partial charge in [0.2, 0.25) is 5.91 Å². The molecule has 2 aromatic rings. The number of nitrogens with one attached hydrogen (secondary N) is 1. The van der Waals surface area contributed by atoms with Crippen LogP contribution in [0.3, 0.4) is 0 Å².